The molecule has 1 N–H and O–H groups in total. The van der Waals surface area contributed by atoms with Gasteiger partial charge in [-0.25, -0.2) is 0 Å². The van der Waals surface area contributed by atoms with Gasteiger partial charge in [-0.05, 0) is 48.3 Å². The van der Waals surface area contributed by atoms with Gasteiger partial charge in [0.25, 0.3) is 0 Å². The van der Waals surface area contributed by atoms with Gasteiger partial charge in [-0.2, -0.15) is 0 Å². The zero-order chi connectivity index (χ0) is 10.2. The van der Waals surface area contributed by atoms with Crippen LogP contribution in [0.25, 0.3) is 0 Å². The summed E-state index contributed by atoms with van der Waals surface area (Å²) in [4.78, 5) is 12.1. The Morgan fingerprint density at radius 2 is 2.50 bits per heavy atom. The summed E-state index contributed by atoms with van der Waals surface area (Å²) in [5.41, 5.74) is -0.444. The van der Waals surface area contributed by atoms with Gasteiger partial charge in [0.05, 0.1) is 16.3 Å². The van der Waals surface area contributed by atoms with Crippen molar-refractivity contribution in [3.63, 3.8) is 0 Å². The molecule has 0 aliphatic carbocycles. The van der Waals surface area contributed by atoms with Crippen molar-refractivity contribution in [2.75, 3.05) is 6.54 Å². The minimum Gasteiger partial charge on any atom is -0.460 e. The number of rotatable bonds is 2. The lowest BCUT2D eigenvalue weighted by Gasteiger charge is -2.21. The van der Waals surface area contributed by atoms with Gasteiger partial charge < -0.3 is 9.73 Å². The third-order valence-corrected chi connectivity index (χ3v) is 3.32. The van der Waals surface area contributed by atoms with E-state index in [2.05, 4.69) is 21.2 Å². The number of nitrogens with one attached hydrogen (secondary N) is 1. The zero-order valence-corrected chi connectivity index (χ0v) is 9.56. The average Bonchev–Trinajstić information content (AvgIpc) is 2.74. The van der Waals surface area contributed by atoms with Crippen molar-refractivity contribution in [2.24, 2.45) is 0 Å². The third-order valence-electron chi connectivity index (χ3n) is 2.69. The Morgan fingerprint density at radius 3 is 3.00 bits per heavy atom. The second-order valence-electron chi connectivity index (χ2n) is 3.79. The van der Waals surface area contributed by atoms with Gasteiger partial charge in [-0.15, -0.1) is 0 Å². The third kappa shape index (κ3) is 1.53. The number of furan rings is 1. The average molecular weight is 258 g/mol. The zero-order valence-electron chi connectivity index (χ0n) is 7.97. The second kappa shape index (κ2) is 3.51. The van der Waals surface area contributed by atoms with E-state index in [0.717, 1.165) is 23.9 Å². The van der Waals surface area contributed by atoms with Crippen LogP contribution in [0, 0.1) is 0 Å². The van der Waals surface area contributed by atoms with Crippen molar-refractivity contribution in [3.8, 4) is 0 Å². The van der Waals surface area contributed by atoms with E-state index in [1.54, 1.807) is 6.07 Å². The van der Waals surface area contributed by atoms with E-state index in [-0.39, 0.29) is 5.78 Å². The first-order valence-corrected chi connectivity index (χ1v) is 5.46. The highest BCUT2D eigenvalue weighted by Crippen LogP contribution is 2.27. The van der Waals surface area contributed by atoms with E-state index in [1.165, 1.54) is 6.26 Å². The van der Waals surface area contributed by atoms with Crippen molar-refractivity contribution in [1.82, 2.24) is 5.32 Å². The molecule has 1 aliphatic rings. The van der Waals surface area contributed by atoms with Gasteiger partial charge in [0.15, 0.2) is 5.76 Å². The minimum atomic E-state index is -0.444. The number of halogens is 1. The van der Waals surface area contributed by atoms with Gasteiger partial charge in [0.2, 0.25) is 5.78 Å². The van der Waals surface area contributed by atoms with Crippen LogP contribution < -0.4 is 5.32 Å². The van der Waals surface area contributed by atoms with Gasteiger partial charge in [0, 0.05) is 0 Å². The Labute approximate surface area is 91.0 Å². The van der Waals surface area contributed by atoms with Gasteiger partial charge in [-0.1, -0.05) is 0 Å². The lowest BCUT2D eigenvalue weighted by Crippen LogP contribution is -2.44. The van der Waals surface area contributed by atoms with Crippen LogP contribution >= 0.6 is 15.9 Å². The molecule has 1 unspecified atom stereocenters. The molecule has 0 amide bonds. The second-order valence-corrected chi connectivity index (χ2v) is 4.64. The molecule has 1 aromatic heterocycles. The SMILES string of the molecule is CC1(C(=O)c2occc2Br)CCCN1. The van der Waals surface area contributed by atoms with E-state index in [9.17, 15) is 4.79 Å². The topological polar surface area (TPSA) is 42.2 Å². The van der Waals surface area contributed by atoms with Crippen LogP contribution in [0.15, 0.2) is 21.2 Å². The van der Waals surface area contributed by atoms with E-state index in [1.807, 2.05) is 6.92 Å². The Hall–Kier alpha value is -0.610. The molecule has 1 aromatic rings. The number of ketones is 1. The van der Waals surface area contributed by atoms with Crippen molar-refractivity contribution in [2.45, 2.75) is 25.3 Å². The van der Waals surface area contributed by atoms with Gasteiger partial charge in [0.1, 0.15) is 0 Å². The Morgan fingerprint density at radius 1 is 1.71 bits per heavy atom. The van der Waals surface area contributed by atoms with Crippen LogP contribution in [0.2, 0.25) is 0 Å². The van der Waals surface area contributed by atoms with E-state index in [4.69, 9.17) is 4.42 Å². The predicted molar refractivity (Wildman–Crippen MR) is 56.4 cm³/mol. The molecule has 2 rings (SSSR count). The van der Waals surface area contributed by atoms with Crippen molar-refractivity contribution in [3.05, 3.63) is 22.6 Å². The van der Waals surface area contributed by atoms with Crippen LogP contribution in [-0.4, -0.2) is 17.9 Å². The molecule has 76 valence electrons. The van der Waals surface area contributed by atoms with Gasteiger partial charge >= 0.3 is 0 Å². The first kappa shape index (κ1) is 9.93. The molecular weight excluding hydrogens is 246 g/mol. The van der Waals surface area contributed by atoms with Crippen molar-refractivity contribution in [1.29, 1.82) is 0 Å². The summed E-state index contributed by atoms with van der Waals surface area (Å²) < 4.78 is 5.90. The fraction of sp³-hybridized carbons (Fsp3) is 0.500. The summed E-state index contributed by atoms with van der Waals surface area (Å²) in [5, 5.41) is 3.22. The molecule has 1 atom stereocenters. The smallest absolute Gasteiger partial charge is 0.218 e. The maximum absolute atomic E-state index is 12.1. The van der Waals surface area contributed by atoms with Crippen LogP contribution in [0.1, 0.15) is 30.3 Å². The number of Topliss-reactive ketones (excluding diaryl/α,β-unsaturated/α-hetero) is 1. The monoisotopic (exact) mass is 257 g/mol. The summed E-state index contributed by atoms with van der Waals surface area (Å²) in [6.45, 7) is 2.83. The van der Waals surface area contributed by atoms with Gasteiger partial charge in [-0.3, -0.25) is 4.79 Å². The maximum Gasteiger partial charge on any atom is 0.218 e. The van der Waals surface area contributed by atoms with Crippen LogP contribution in [0.4, 0.5) is 0 Å². The maximum atomic E-state index is 12.1. The predicted octanol–water partition coefficient (Wildman–Crippen LogP) is 2.37. The molecule has 2 heterocycles. The highest BCUT2D eigenvalue weighted by Gasteiger charge is 2.38. The lowest BCUT2D eigenvalue weighted by atomic mass is 9.93. The molecule has 1 aliphatic heterocycles. The Kier molecular flexibility index (Phi) is 2.49. The molecule has 0 spiro atoms. The summed E-state index contributed by atoms with van der Waals surface area (Å²) in [6.07, 6.45) is 3.44. The Balaban J connectivity index is 2.28. The molecule has 0 bridgehead atoms. The minimum absolute atomic E-state index is 0.0341. The molecule has 14 heavy (non-hydrogen) atoms. The van der Waals surface area contributed by atoms with Crippen molar-refractivity contribution < 1.29 is 9.21 Å². The fourth-order valence-electron chi connectivity index (χ4n) is 1.79. The van der Waals surface area contributed by atoms with Crippen LogP contribution in [0.3, 0.4) is 0 Å². The van der Waals surface area contributed by atoms with Crippen LogP contribution in [-0.2, 0) is 0 Å². The van der Waals surface area contributed by atoms with Crippen molar-refractivity contribution >= 4 is 21.7 Å². The highest BCUT2D eigenvalue weighted by molar-refractivity contribution is 9.10. The summed E-state index contributed by atoms with van der Waals surface area (Å²) in [6, 6.07) is 1.74. The molecule has 4 heteroatoms. The first-order chi connectivity index (χ1) is 6.63. The Bertz CT molecular complexity index is 353. The number of hydrogen-bond donors (Lipinski definition) is 1. The quantitative estimate of drug-likeness (QED) is 0.828. The number of carbonyl (C=O) groups excluding carboxylic acids is 1. The molecule has 0 radical (unpaired) electrons. The highest BCUT2D eigenvalue weighted by atomic mass is 79.9. The molecule has 0 saturated carbocycles. The largest absolute Gasteiger partial charge is 0.460 e. The standard InChI is InChI=1S/C10H12BrNO2/c1-10(4-2-5-12-10)9(13)8-7(11)3-6-14-8/h3,6,12H,2,4-5H2,1H3. The molecule has 1 saturated heterocycles. The summed E-state index contributed by atoms with van der Waals surface area (Å²) in [5.74, 6) is 0.453. The molecule has 0 aromatic carbocycles. The number of hydrogen-bond acceptors (Lipinski definition) is 3. The van der Waals surface area contributed by atoms with E-state index >= 15 is 0 Å². The lowest BCUT2D eigenvalue weighted by molar-refractivity contribution is 0.0854. The summed E-state index contributed by atoms with van der Waals surface area (Å²) >= 11 is 3.30. The normalized spacial score (nSPS) is 26.7. The number of carbonyl (C=O) groups is 1. The molecule has 3 nitrogen and oxygen atoms in total. The van der Waals surface area contributed by atoms with E-state index < -0.39 is 5.54 Å². The molecular formula is C10H12BrNO2. The molecule has 1 fully saturated rings. The van der Waals surface area contributed by atoms with Crippen LogP contribution in [0.5, 0.6) is 0 Å². The first-order valence-electron chi connectivity index (χ1n) is 4.66. The van der Waals surface area contributed by atoms with E-state index in [0.29, 0.717) is 5.76 Å². The summed E-state index contributed by atoms with van der Waals surface area (Å²) in [7, 11) is 0. The fourth-order valence-corrected chi connectivity index (χ4v) is 2.18.